The van der Waals surface area contributed by atoms with E-state index in [1.54, 1.807) is 11.3 Å². The van der Waals surface area contributed by atoms with Gasteiger partial charge in [-0.05, 0) is 0 Å². The molecule has 1 aromatic heterocycles. The zero-order valence-electron chi connectivity index (χ0n) is 8.81. The van der Waals surface area contributed by atoms with E-state index in [1.807, 2.05) is 0 Å². The molecule has 0 saturated carbocycles. The number of halogens is 1. The highest BCUT2D eigenvalue weighted by Gasteiger charge is 2.22. The van der Waals surface area contributed by atoms with Crippen molar-refractivity contribution in [2.75, 3.05) is 0 Å². The van der Waals surface area contributed by atoms with Gasteiger partial charge in [-0.2, -0.15) is 0 Å². The highest BCUT2D eigenvalue weighted by Crippen LogP contribution is 2.35. The second-order valence-electron chi connectivity index (χ2n) is 4.58. The van der Waals surface area contributed by atoms with Crippen molar-refractivity contribution in [1.29, 1.82) is 0 Å². The zero-order valence-corrected chi connectivity index (χ0v) is 10.4. The van der Waals surface area contributed by atoms with E-state index < -0.39 is 0 Å². The molecule has 1 aromatic rings. The Morgan fingerprint density at radius 1 is 1.31 bits per heavy atom. The Hall–Kier alpha value is -0.0800. The molecule has 74 valence electrons. The number of aromatic nitrogens is 1. The number of nitrogens with zero attached hydrogens (tertiary/aromatic N) is 1. The van der Waals surface area contributed by atoms with Gasteiger partial charge >= 0.3 is 0 Å². The van der Waals surface area contributed by atoms with Gasteiger partial charge in [0, 0.05) is 11.3 Å². The normalized spacial score (nSPS) is 12.5. The summed E-state index contributed by atoms with van der Waals surface area (Å²) >= 11 is 7.73. The molecular weight excluding hydrogens is 202 g/mol. The fourth-order valence-corrected chi connectivity index (χ4v) is 2.59. The van der Waals surface area contributed by atoms with E-state index in [1.165, 1.54) is 0 Å². The minimum Gasteiger partial charge on any atom is -0.244 e. The van der Waals surface area contributed by atoms with Crippen molar-refractivity contribution in [3.63, 3.8) is 0 Å². The minimum absolute atomic E-state index is 0.0563. The third kappa shape index (κ3) is 2.44. The van der Waals surface area contributed by atoms with Crippen LogP contribution in [0.2, 0.25) is 4.34 Å². The first-order valence-electron chi connectivity index (χ1n) is 4.49. The highest BCUT2D eigenvalue weighted by atomic mass is 35.5. The van der Waals surface area contributed by atoms with Crippen LogP contribution < -0.4 is 0 Å². The van der Waals surface area contributed by atoms with Crippen LogP contribution in [-0.2, 0) is 5.41 Å². The lowest BCUT2D eigenvalue weighted by atomic mass is 9.93. The summed E-state index contributed by atoms with van der Waals surface area (Å²) in [4.78, 5) is 4.57. The van der Waals surface area contributed by atoms with Gasteiger partial charge in [-0.25, -0.2) is 4.98 Å². The summed E-state index contributed by atoms with van der Waals surface area (Å²) in [5.74, 6) is 0.471. The predicted octanol–water partition coefficient (Wildman–Crippen LogP) is 4.22. The molecule has 0 spiro atoms. The summed E-state index contributed by atoms with van der Waals surface area (Å²) in [6.07, 6.45) is 0. The number of rotatable bonds is 1. The second kappa shape index (κ2) is 3.58. The fourth-order valence-electron chi connectivity index (χ4n) is 1.03. The molecule has 0 aliphatic heterocycles. The molecule has 0 unspecified atom stereocenters. The smallest absolute Gasteiger partial charge is 0.117 e. The molecule has 13 heavy (non-hydrogen) atoms. The van der Waals surface area contributed by atoms with E-state index in [0.29, 0.717) is 5.92 Å². The maximum Gasteiger partial charge on any atom is 0.117 e. The second-order valence-corrected chi connectivity index (χ2v) is 6.21. The molecule has 1 rings (SSSR count). The van der Waals surface area contributed by atoms with E-state index >= 15 is 0 Å². The Morgan fingerprint density at radius 3 is 2.08 bits per heavy atom. The van der Waals surface area contributed by atoms with Crippen molar-refractivity contribution in [1.82, 2.24) is 4.98 Å². The largest absolute Gasteiger partial charge is 0.244 e. The van der Waals surface area contributed by atoms with Gasteiger partial charge in [0.25, 0.3) is 0 Å². The van der Waals surface area contributed by atoms with Crippen LogP contribution in [-0.4, -0.2) is 4.98 Å². The maximum atomic E-state index is 6.13. The molecule has 0 bridgehead atoms. The highest BCUT2D eigenvalue weighted by molar-refractivity contribution is 7.16. The van der Waals surface area contributed by atoms with Crippen LogP contribution in [0, 0.1) is 0 Å². The molecule has 0 atom stereocenters. The van der Waals surface area contributed by atoms with Crippen LogP contribution >= 0.6 is 22.9 Å². The van der Waals surface area contributed by atoms with Gasteiger partial charge in [0.15, 0.2) is 0 Å². The predicted molar refractivity (Wildman–Crippen MR) is 59.9 cm³/mol. The van der Waals surface area contributed by atoms with Crippen LogP contribution in [0.5, 0.6) is 0 Å². The number of hydrogen-bond acceptors (Lipinski definition) is 2. The average molecular weight is 218 g/mol. The minimum atomic E-state index is 0.0563. The van der Waals surface area contributed by atoms with Gasteiger partial charge in [0.1, 0.15) is 4.34 Å². The third-order valence-electron chi connectivity index (χ3n) is 1.81. The summed E-state index contributed by atoms with van der Waals surface area (Å²) in [5.41, 5.74) is 1.09. The van der Waals surface area contributed by atoms with E-state index in [4.69, 9.17) is 11.6 Å². The van der Waals surface area contributed by atoms with Crippen molar-refractivity contribution < 1.29 is 0 Å². The topological polar surface area (TPSA) is 12.9 Å². The van der Waals surface area contributed by atoms with Gasteiger partial charge in [0.2, 0.25) is 0 Å². The molecule has 1 nitrogen and oxygen atoms in total. The van der Waals surface area contributed by atoms with E-state index in [0.717, 1.165) is 15.0 Å². The maximum absolute atomic E-state index is 6.13. The Balaban J connectivity index is 3.11. The zero-order chi connectivity index (χ0) is 10.2. The lowest BCUT2D eigenvalue weighted by molar-refractivity contribution is 0.569. The summed E-state index contributed by atoms with van der Waals surface area (Å²) in [5, 5.41) is 1.13. The summed E-state index contributed by atoms with van der Waals surface area (Å²) in [6.45, 7) is 10.7. The van der Waals surface area contributed by atoms with Gasteiger partial charge in [-0.15, -0.1) is 11.3 Å². The molecule has 0 saturated heterocycles. The lowest BCUT2D eigenvalue weighted by Crippen LogP contribution is -2.12. The fraction of sp³-hybridized carbons (Fsp3) is 0.700. The first-order chi connectivity index (χ1) is 5.82. The SMILES string of the molecule is CC(C)c1nc(C(C)(C)C)c(Cl)s1. The summed E-state index contributed by atoms with van der Waals surface area (Å²) in [6, 6.07) is 0. The van der Waals surface area contributed by atoms with Crippen LogP contribution in [0.25, 0.3) is 0 Å². The Bertz CT molecular complexity index is 296. The van der Waals surface area contributed by atoms with Crippen LogP contribution in [0.4, 0.5) is 0 Å². The average Bonchev–Trinajstić information content (AvgIpc) is 2.29. The van der Waals surface area contributed by atoms with Gasteiger partial charge in [-0.1, -0.05) is 46.2 Å². The first-order valence-corrected chi connectivity index (χ1v) is 5.68. The van der Waals surface area contributed by atoms with E-state index in [-0.39, 0.29) is 5.41 Å². The Morgan fingerprint density at radius 2 is 1.85 bits per heavy atom. The quantitative estimate of drug-likeness (QED) is 0.687. The van der Waals surface area contributed by atoms with E-state index in [9.17, 15) is 0 Å². The van der Waals surface area contributed by atoms with Crippen LogP contribution in [0.3, 0.4) is 0 Å². The van der Waals surface area contributed by atoms with Crippen molar-refractivity contribution >= 4 is 22.9 Å². The molecule has 0 aliphatic carbocycles. The van der Waals surface area contributed by atoms with Crippen molar-refractivity contribution in [3.8, 4) is 0 Å². The van der Waals surface area contributed by atoms with Crippen molar-refractivity contribution in [2.45, 2.75) is 46.0 Å². The van der Waals surface area contributed by atoms with Gasteiger partial charge < -0.3 is 0 Å². The third-order valence-corrected chi connectivity index (χ3v) is 3.36. The molecule has 3 heteroatoms. The van der Waals surface area contributed by atoms with Crippen molar-refractivity contribution in [3.05, 3.63) is 15.0 Å². The molecule has 0 amide bonds. The number of hydrogen-bond donors (Lipinski definition) is 0. The van der Waals surface area contributed by atoms with E-state index in [2.05, 4.69) is 39.6 Å². The summed E-state index contributed by atoms with van der Waals surface area (Å²) < 4.78 is 0.844. The van der Waals surface area contributed by atoms with Crippen molar-refractivity contribution in [2.24, 2.45) is 0 Å². The summed E-state index contributed by atoms with van der Waals surface area (Å²) in [7, 11) is 0. The first kappa shape index (κ1) is 11.0. The van der Waals surface area contributed by atoms with Gasteiger partial charge in [0.05, 0.1) is 10.7 Å². The van der Waals surface area contributed by atoms with Crippen LogP contribution in [0.1, 0.15) is 51.2 Å². The Labute approximate surface area is 89.1 Å². The molecule has 0 fully saturated rings. The molecule has 0 aromatic carbocycles. The standard InChI is InChI=1S/C10H16ClNS/c1-6(2)9-12-7(8(11)13-9)10(3,4)5/h6H,1-5H3. The van der Waals surface area contributed by atoms with Gasteiger partial charge in [-0.3, -0.25) is 0 Å². The van der Waals surface area contributed by atoms with Crippen LogP contribution in [0.15, 0.2) is 0 Å². The monoisotopic (exact) mass is 217 g/mol. The Kier molecular flexibility index (Phi) is 3.03. The molecule has 0 aliphatic rings. The molecule has 0 N–H and O–H groups in total. The molecular formula is C10H16ClNS. The lowest BCUT2D eigenvalue weighted by Gasteiger charge is -2.15. The number of thiazole rings is 1. The molecule has 1 heterocycles. The molecule has 0 radical (unpaired) electrons.